The Bertz CT molecular complexity index is 435. The molecule has 2 rings (SSSR count). The Morgan fingerprint density at radius 2 is 1.56 bits per heavy atom. The Labute approximate surface area is 110 Å². The van der Waals surface area contributed by atoms with Crippen molar-refractivity contribution < 1.29 is 4.39 Å². The second kappa shape index (κ2) is 9.34. The van der Waals surface area contributed by atoms with E-state index in [0.717, 1.165) is 11.1 Å². The number of benzene rings is 1. The lowest BCUT2D eigenvalue weighted by atomic mass is 10.1. The summed E-state index contributed by atoms with van der Waals surface area (Å²) in [6.07, 6.45) is 1.55. The zero-order valence-electron chi connectivity index (χ0n) is 11.9. The third-order valence-electron chi connectivity index (χ3n) is 2.08. The summed E-state index contributed by atoms with van der Waals surface area (Å²) >= 11 is 0. The van der Waals surface area contributed by atoms with Crippen LogP contribution >= 0.6 is 0 Å². The van der Waals surface area contributed by atoms with Crippen LogP contribution in [0.3, 0.4) is 0 Å². The molecule has 0 saturated carbocycles. The topological polar surface area (TPSA) is 12.9 Å². The Balaban J connectivity index is 0.000000659. The normalized spacial score (nSPS) is 8.56. The fraction of sp³-hybridized carbons (Fsp3) is 0.312. The highest BCUT2D eigenvalue weighted by Gasteiger charge is 1.98. The van der Waals surface area contributed by atoms with E-state index in [1.54, 1.807) is 12.3 Å². The van der Waals surface area contributed by atoms with E-state index in [1.807, 2.05) is 52.8 Å². The summed E-state index contributed by atoms with van der Waals surface area (Å²) in [6, 6.07) is 11.2. The van der Waals surface area contributed by atoms with E-state index in [-0.39, 0.29) is 0 Å². The van der Waals surface area contributed by atoms with Crippen LogP contribution in [0, 0.1) is 12.9 Å². The van der Waals surface area contributed by atoms with E-state index in [9.17, 15) is 4.39 Å². The molecule has 18 heavy (non-hydrogen) atoms. The van der Waals surface area contributed by atoms with E-state index in [2.05, 4.69) is 11.1 Å². The molecule has 1 aromatic carbocycles. The molecule has 0 aliphatic heterocycles. The number of halogens is 1. The minimum atomic E-state index is -0.443. The second-order valence-electron chi connectivity index (χ2n) is 3.24. The van der Waals surface area contributed by atoms with Gasteiger partial charge in [-0.2, -0.15) is 4.39 Å². The number of rotatable bonds is 1. The summed E-state index contributed by atoms with van der Waals surface area (Å²) in [5.74, 6) is -0.443. The Kier molecular flexibility index (Phi) is 8.46. The maximum absolute atomic E-state index is 12.6. The van der Waals surface area contributed by atoms with Crippen LogP contribution in [0.1, 0.15) is 33.3 Å². The van der Waals surface area contributed by atoms with Crippen LogP contribution in [-0.4, -0.2) is 4.98 Å². The molecule has 1 nitrogen and oxygen atoms in total. The number of hydrogen-bond donors (Lipinski definition) is 0. The fourth-order valence-corrected chi connectivity index (χ4v) is 1.37. The maximum Gasteiger partial charge on any atom is 0.212 e. The zero-order chi connectivity index (χ0) is 14.0. The molecule has 1 heterocycles. The molecule has 0 fully saturated rings. The van der Waals surface area contributed by atoms with Crippen LogP contribution in [-0.2, 0) is 0 Å². The first-order chi connectivity index (χ1) is 8.75. The van der Waals surface area contributed by atoms with Crippen molar-refractivity contribution in [3.8, 4) is 11.1 Å². The predicted molar refractivity (Wildman–Crippen MR) is 77.1 cm³/mol. The van der Waals surface area contributed by atoms with Crippen molar-refractivity contribution in [2.24, 2.45) is 0 Å². The van der Waals surface area contributed by atoms with E-state index in [4.69, 9.17) is 0 Å². The molecular formula is C16H22FN. The summed E-state index contributed by atoms with van der Waals surface area (Å²) in [4.78, 5) is 3.62. The number of pyridine rings is 1. The average molecular weight is 247 g/mol. The molecule has 0 N–H and O–H groups in total. The molecule has 0 spiro atoms. The summed E-state index contributed by atoms with van der Waals surface area (Å²) in [5, 5.41) is 0. The van der Waals surface area contributed by atoms with Crippen molar-refractivity contribution in [1.82, 2.24) is 4.98 Å². The van der Waals surface area contributed by atoms with Gasteiger partial charge in [0.2, 0.25) is 5.95 Å². The number of hydrogen-bond acceptors (Lipinski definition) is 1. The molecule has 0 bridgehead atoms. The van der Waals surface area contributed by atoms with Gasteiger partial charge in [0.05, 0.1) is 0 Å². The minimum absolute atomic E-state index is 0.443. The first kappa shape index (κ1) is 16.3. The number of aryl methyl sites for hydroxylation is 1. The van der Waals surface area contributed by atoms with Crippen molar-refractivity contribution in [3.05, 3.63) is 54.1 Å². The van der Waals surface area contributed by atoms with Crippen LogP contribution in [0.2, 0.25) is 0 Å². The summed E-state index contributed by atoms with van der Waals surface area (Å²) < 4.78 is 12.6. The third kappa shape index (κ3) is 5.09. The SMILES string of the molecule is CC.CC.Cc1cccc(-c2ccc(F)nc2)c1. The summed E-state index contributed by atoms with van der Waals surface area (Å²) in [7, 11) is 0. The van der Waals surface area contributed by atoms with Gasteiger partial charge in [0.15, 0.2) is 0 Å². The van der Waals surface area contributed by atoms with Crippen molar-refractivity contribution in [2.75, 3.05) is 0 Å². The monoisotopic (exact) mass is 247 g/mol. The Hall–Kier alpha value is -1.70. The van der Waals surface area contributed by atoms with Crippen molar-refractivity contribution in [3.63, 3.8) is 0 Å². The van der Waals surface area contributed by atoms with Gasteiger partial charge in [-0.15, -0.1) is 0 Å². The van der Waals surface area contributed by atoms with Gasteiger partial charge in [-0.05, 0) is 24.6 Å². The van der Waals surface area contributed by atoms with E-state index >= 15 is 0 Å². The van der Waals surface area contributed by atoms with Gasteiger partial charge in [0, 0.05) is 11.8 Å². The van der Waals surface area contributed by atoms with E-state index in [1.165, 1.54) is 11.6 Å². The van der Waals surface area contributed by atoms with Gasteiger partial charge in [-0.25, -0.2) is 4.98 Å². The molecule has 0 saturated heterocycles. The van der Waals surface area contributed by atoms with Crippen LogP contribution in [0.5, 0.6) is 0 Å². The van der Waals surface area contributed by atoms with E-state index in [0.29, 0.717) is 0 Å². The van der Waals surface area contributed by atoms with Crippen molar-refractivity contribution in [2.45, 2.75) is 34.6 Å². The third-order valence-corrected chi connectivity index (χ3v) is 2.08. The number of aromatic nitrogens is 1. The van der Waals surface area contributed by atoms with Crippen LogP contribution in [0.25, 0.3) is 11.1 Å². The Morgan fingerprint density at radius 1 is 0.889 bits per heavy atom. The van der Waals surface area contributed by atoms with Gasteiger partial charge in [0.25, 0.3) is 0 Å². The molecule has 0 aliphatic rings. The second-order valence-corrected chi connectivity index (χ2v) is 3.24. The van der Waals surface area contributed by atoms with Gasteiger partial charge in [0.1, 0.15) is 0 Å². The maximum atomic E-state index is 12.6. The van der Waals surface area contributed by atoms with Gasteiger partial charge >= 0.3 is 0 Å². The molecule has 0 atom stereocenters. The summed E-state index contributed by atoms with van der Waals surface area (Å²) in [6.45, 7) is 10.0. The first-order valence-corrected chi connectivity index (χ1v) is 6.44. The lowest BCUT2D eigenvalue weighted by Crippen LogP contribution is -1.83. The highest BCUT2D eigenvalue weighted by molar-refractivity contribution is 5.62. The predicted octanol–water partition coefficient (Wildman–Crippen LogP) is 5.25. The van der Waals surface area contributed by atoms with E-state index < -0.39 is 5.95 Å². The molecule has 2 heteroatoms. The molecule has 0 radical (unpaired) electrons. The summed E-state index contributed by atoms with van der Waals surface area (Å²) in [5.41, 5.74) is 3.19. The standard InChI is InChI=1S/C12H10FN.2C2H6/c1-9-3-2-4-10(7-9)11-5-6-12(13)14-8-11;2*1-2/h2-8H,1H3;2*1-2H3. The van der Waals surface area contributed by atoms with Crippen molar-refractivity contribution in [1.29, 1.82) is 0 Å². The fourth-order valence-electron chi connectivity index (χ4n) is 1.37. The first-order valence-electron chi connectivity index (χ1n) is 6.44. The smallest absolute Gasteiger partial charge is 0.212 e. The number of nitrogens with zero attached hydrogens (tertiary/aromatic N) is 1. The minimum Gasteiger partial charge on any atom is -0.228 e. The molecule has 0 aliphatic carbocycles. The molecule has 0 amide bonds. The van der Waals surface area contributed by atoms with Gasteiger partial charge in [-0.3, -0.25) is 0 Å². The van der Waals surface area contributed by atoms with Crippen LogP contribution in [0.15, 0.2) is 42.6 Å². The molecule has 2 aromatic rings. The van der Waals surface area contributed by atoms with Gasteiger partial charge in [-0.1, -0.05) is 57.5 Å². The quantitative estimate of drug-likeness (QED) is 0.627. The van der Waals surface area contributed by atoms with Crippen LogP contribution < -0.4 is 0 Å². The van der Waals surface area contributed by atoms with Gasteiger partial charge < -0.3 is 0 Å². The highest BCUT2D eigenvalue weighted by Crippen LogP contribution is 2.18. The molecule has 1 aromatic heterocycles. The average Bonchev–Trinajstić information content (AvgIpc) is 2.44. The molecule has 0 unspecified atom stereocenters. The zero-order valence-corrected chi connectivity index (χ0v) is 11.9. The lowest BCUT2D eigenvalue weighted by Gasteiger charge is -2.01. The van der Waals surface area contributed by atoms with Crippen molar-refractivity contribution >= 4 is 0 Å². The molecular weight excluding hydrogens is 225 g/mol. The lowest BCUT2D eigenvalue weighted by molar-refractivity contribution is 0.584. The largest absolute Gasteiger partial charge is 0.228 e. The van der Waals surface area contributed by atoms with Crippen LogP contribution in [0.4, 0.5) is 4.39 Å². The Morgan fingerprint density at radius 3 is 2.06 bits per heavy atom. The highest BCUT2D eigenvalue weighted by atomic mass is 19.1. The molecule has 98 valence electrons.